The fourth-order valence-electron chi connectivity index (χ4n) is 3.68. The topological polar surface area (TPSA) is 66.8 Å². The van der Waals surface area contributed by atoms with Crippen molar-refractivity contribution in [1.29, 1.82) is 0 Å². The molecule has 0 aliphatic carbocycles. The van der Waals surface area contributed by atoms with Crippen LogP contribution in [0.3, 0.4) is 0 Å². The van der Waals surface area contributed by atoms with E-state index >= 15 is 0 Å². The Morgan fingerprint density at radius 3 is 2.72 bits per heavy atom. The predicted octanol–water partition coefficient (Wildman–Crippen LogP) is 3.27. The minimum Gasteiger partial charge on any atom is -0.490 e. The highest BCUT2D eigenvalue weighted by atomic mass is 16.7. The lowest BCUT2D eigenvalue weighted by Gasteiger charge is -2.10. The molecule has 7 heteroatoms. The van der Waals surface area contributed by atoms with Gasteiger partial charge < -0.3 is 24.3 Å². The number of benzene rings is 2. The summed E-state index contributed by atoms with van der Waals surface area (Å²) in [5.74, 6) is 3.21. The van der Waals surface area contributed by atoms with Crippen LogP contribution in [0.5, 0.6) is 23.0 Å². The first-order valence-electron chi connectivity index (χ1n) is 9.79. The van der Waals surface area contributed by atoms with Crippen LogP contribution in [0.4, 0.5) is 0 Å². The molecule has 7 nitrogen and oxygen atoms in total. The van der Waals surface area contributed by atoms with Gasteiger partial charge in [0.2, 0.25) is 6.79 Å². The molecule has 5 rings (SSSR count). The van der Waals surface area contributed by atoms with Crippen molar-refractivity contribution in [1.82, 2.24) is 15.1 Å². The minimum absolute atomic E-state index is 0.281. The summed E-state index contributed by atoms with van der Waals surface area (Å²) in [4.78, 5) is 0. The van der Waals surface area contributed by atoms with E-state index in [9.17, 15) is 0 Å². The van der Waals surface area contributed by atoms with E-state index in [1.54, 1.807) is 0 Å². The molecule has 1 aromatic heterocycles. The number of para-hydroxylation sites is 1. The standard InChI is InChI=1S/C22H23N3O4/c1-25-13-17(12-23-11-16-4-2-5-19-22(16)29-14-28-19)21(24-25)15-6-7-18-20(10-15)27-9-3-8-26-18/h2,4-7,10,13,23H,3,8-9,11-12,14H2,1H3. The third-order valence-corrected chi connectivity index (χ3v) is 5.03. The highest BCUT2D eigenvalue weighted by Crippen LogP contribution is 2.36. The summed E-state index contributed by atoms with van der Waals surface area (Å²) in [6, 6.07) is 12.0. The monoisotopic (exact) mass is 393 g/mol. The molecule has 29 heavy (non-hydrogen) atoms. The van der Waals surface area contributed by atoms with E-state index in [1.165, 1.54) is 0 Å². The lowest BCUT2D eigenvalue weighted by Crippen LogP contribution is -2.13. The Balaban J connectivity index is 1.34. The molecular weight excluding hydrogens is 370 g/mol. The summed E-state index contributed by atoms with van der Waals surface area (Å²) in [5.41, 5.74) is 4.16. The number of rotatable bonds is 5. The molecule has 0 saturated carbocycles. The van der Waals surface area contributed by atoms with Crippen molar-refractivity contribution in [3.8, 4) is 34.3 Å². The molecular formula is C22H23N3O4. The molecule has 0 atom stereocenters. The smallest absolute Gasteiger partial charge is 0.231 e. The fraction of sp³-hybridized carbons (Fsp3) is 0.318. The zero-order valence-corrected chi connectivity index (χ0v) is 16.3. The first-order chi connectivity index (χ1) is 14.3. The Bertz CT molecular complexity index is 1030. The SMILES string of the molecule is Cn1cc(CNCc2cccc3c2OCO3)c(-c2ccc3c(c2)OCCCO3)n1. The molecule has 0 bridgehead atoms. The quantitative estimate of drug-likeness (QED) is 0.718. The Hall–Kier alpha value is -3.19. The van der Waals surface area contributed by atoms with Crippen LogP contribution in [-0.4, -0.2) is 29.8 Å². The van der Waals surface area contributed by atoms with E-state index in [2.05, 4.69) is 16.5 Å². The zero-order chi connectivity index (χ0) is 19.6. The van der Waals surface area contributed by atoms with Gasteiger partial charge in [-0.1, -0.05) is 12.1 Å². The number of aromatic nitrogens is 2. The van der Waals surface area contributed by atoms with Gasteiger partial charge in [-0.25, -0.2) is 0 Å². The van der Waals surface area contributed by atoms with Crippen LogP contribution in [-0.2, 0) is 20.1 Å². The normalized spacial score (nSPS) is 14.7. The van der Waals surface area contributed by atoms with Crippen molar-refractivity contribution in [2.45, 2.75) is 19.5 Å². The highest BCUT2D eigenvalue weighted by molar-refractivity contribution is 5.66. The number of hydrogen-bond donors (Lipinski definition) is 1. The second-order valence-corrected chi connectivity index (χ2v) is 7.14. The lowest BCUT2D eigenvalue weighted by molar-refractivity contribution is 0.173. The predicted molar refractivity (Wildman–Crippen MR) is 107 cm³/mol. The van der Waals surface area contributed by atoms with E-state index in [1.807, 2.05) is 48.3 Å². The molecule has 3 heterocycles. The second-order valence-electron chi connectivity index (χ2n) is 7.14. The van der Waals surface area contributed by atoms with Gasteiger partial charge in [0.05, 0.1) is 18.9 Å². The highest BCUT2D eigenvalue weighted by Gasteiger charge is 2.18. The largest absolute Gasteiger partial charge is 0.490 e. The average Bonchev–Trinajstić information content (AvgIpc) is 3.28. The number of nitrogens with zero attached hydrogens (tertiary/aromatic N) is 2. The Kier molecular flexibility index (Phi) is 4.73. The third kappa shape index (κ3) is 3.61. The summed E-state index contributed by atoms with van der Waals surface area (Å²) < 4.78 is 24.5. The number of hydrogen-bond acceptors (Lipinski definition) is 6. The Morgan fingerprint density at radius 1 is 0.931 bits per heavy atom. The average molecular weight is 393 g/mol. The summed E-state index contributed by atoms with van der Waals surface area (Å²) in [6.07, 6.45) is 2.93. The van der Waals surface area contributed by atoms with Gasteiger partial charge in [0.15, 0.2) is 23.0 Å². The molecule has 2 aliphatic rings. The zero-order valence-electron chi connectivity index (χ0n) is 16.3. The molecule has 0 unspecified atom stereocenters. The van der Waals surface area contributed by atoms with Crippen molar-refractivity contribution in [2.75, 3.05) is 20.0 Å². The summed E-state index contributed by atoms with van der Waals surface area (Å²) in [7, 11) is 1.94. The van der Waals surface area contributed by atoms with Gasteiger partial charge in [-0.3, -0.25) is 4.68 Å². The molecule has 0 amide bonds. The van der Waals surface area contributed by atoms with Crippen LogP contribution < -0.4 is 24.3 Å². The molecule has 0 saturated heterocycles. The maximum Gasteiger partial charge on any atom is 0.231 e. The molecule has 150 valence electrons. The maximum atomic E-state index is 5.84. The van der Waals surface area contributed by atoms with Crippen molar-refractivity contribution in [3.63, 3.8) is 0 Å². The van der Waals surface area contributed by atoms with E-state index in [0.717, 1.165) is 51.8 Å². The third-order valence-electron chi connectivity index (χ3n) is 5.03. The van der Waals surface area contributed by atoms with Crippen LogP contribution in [0.15, 0.2) is 42.6 Å². The van der Waals surface area contributed by atoms with Crippen molar-refractivity contribution in [3.05, 3.63) is 53.7 Å². The minimum atomic E-state index is 0.281. The van der Waals surface area contributed by atoms with Crippen LogP contribution in [0.1, 0.15) is 17.5 Å². The summed E-state index contributed by atoms with van der Waals surface area (Å²) in [6.45, 7) is 3.00. The van der Waals surface area contributed by atoms with Gasteiger partial charge in [-0.05, 0) is 24.3 Å². The van der Waals surface area contributed by atoms with Crippen LogP contribution in [0, 0.1) is 0 Å². The van der Waals surface area contributed by atoms with E-state index in [4.69, 9.17) is 18.9 Å². The van der Waals surface area contributed by atoms with Crippen molar-refractivity contribution in [2.24, 2.45) is 7.05 Å². The Labute approximate surface area is 169 Å². The van der Waals surface area contributed by atoms with Crippen LogP contribution in [0.2, 0.25) is 0 Å². The van der Waals surface area contributed by atoms with E-state index in [-0.39, 0.29) is 6.79 Å². The Morgan fingerprint density at radius 2 is 1.79 bits per heavy atom. The first kappa shape index (κ1) is 17.9. The first-order valence-corrected chi connectivity index (χ1v) is 9.79. The lowest BCUT2D eigenvalue weighted by atomic mass is 10.1. The molecule has 0 fully saturated rings. The van der Waals surface area contributed by atoms with Crippen molar-refractivity contribution < 1.29 is 18.9 Å². The second kappa shape index (κ2) is 7.67. The van der Waals surface area contributed by atoms with Gasteiger partial charge in [0, 0.05) is 49.4 Å². The van der Waals surface area contributed by atoms with Gasteiger partial charge in [0.1, 0.15) is 0 Å². The number of nitrogens with one attached hydrogen (secondary N) is 1. The summed E-state index contributed by atoms with van der Waals surface area (Å²) in [5, 5.41) is 8.17. The molecule has 2 aromatic carbocycles. The number of aryl methyl sites for hydroxylation is 1. The molecule has 0 radical (unpaired) electrons. The summed E-state index contributed by atoms with van der Waals surface area (Å²) >= 11 is 0. The number of ether oxygens (including phenoxy) is 4. The molecule has 3 aromatic rings. The van der Waals surface area contributed by atoms with E-state index in [0.29, 0.717) is 26.3 Å². The van der Waals surface area contributed by atoms with Gasteiger partial charge in [-0.2, -0.15) is 5.10 Å². The van der Waals surface area contributed by atoms with Gasteiger partial charge in [0.25, 0.3) is 0 Å². The van der Waals surface area contributed by atoms with Gasteiger partial charge in [-0.15, -0.1) is 0 Å². The fourth-order valence-corrected chi connectivity index (χ4v) is 3.68. The molecule has 1 N–H and O–H groups in total. The van der Waals surface area contributed by atoms with Crippen LogP contribution >= 0.6 is 0 Å². The maximum absolute atomic E-state index is 5.84. The van der Waals surface area contributed by atoms with E-state index < -0.39 is 0 Å². The van der Waals surface area contributed by atoms with Gasteiger partial charge >= 0.3 is 0 Å². The molecule has 2 aliphatic heterocycles. The van der Waals surface area contributed by atoms with Crippen LogP contribution in [0.25, 0.3) is 11.3 Å². The molecule has 0 spiro atoms. The number of fused-ring (bicyclic) bond motifs is 2. The van der Waals surface area contributed by atoms with Crippen molar-refractivity contribution >= 4 is 0 Å².